The largest absolute Gasteiger partial charge is 0.268 e. The molecule has 0 unspecified atom stereocenters. The first kappa shape index (κ1) is 11.9. The summed E-state index contributed by atoms with van der Waals surface area (Å²) in [7, 11) is 1.98. The number of nitrogens with zero attached hydrogens (tertiary/aromatic N) is 2. The third kappa shape index (κ3) is 2.26. The molecule has 0 spiro atoms. The fraction of sp³-hybridized carbons (Fsp3) is 0.400. The number of hydrogen-bond donors (Lipinski definition) is 0. The number of aromatic nitrogens is 2. The maximum Gasteiger partial charge on any atom is 0.0681 e. The summed E-state index contributed by atoms with van der Waals surface area (Å²) in [5, 5.41) is 4.24. The smallest absolute Gasteiger partial charge is 0.0681 e. The molecule has 2 nitrogen and oxygen atoms in total. The summed E-state index contributed by atoms with van der Waals surface area (Å²) >= 11 is 0. The van der Waals surface area contributed by atoms with Crippen LogP contribution in [0.4, 0.5) is 0 Å². The van der Waals surface area contributed by atoms with Crippen molar-refractivity contribution in [3.05, 3.63) is 41.6 Å². The van der Waals surface area contributed by atoms with Crippen molar-refractivity contribution in [1.29, 1.82) is 0 Å². The summed E-state index contributed by atoms with van der Waals surface area (Å²) in [5.74, 6) is 0. The second-order valence-electron chi connectivity index (χ2n) is 5.62. The zero-order valence-electron chi connectivity index (χ0n) is 11.3. The van der Waals surface area contributed by atoms with Crippen LogP contribution in [0.5, 0.6) is 0 Å². The molecule has 0 N–H and O–H groups in total. The molecule has 2 heteroatoms. The predicted molar refractivity (Wildman–Crippen MR) is 72.1 cm³/mol. The van der Waals surface area contributed by atoms with Gasteiger partial charge in [-0.2, -0.15) is 5.10 Å². The van der Waals surface area contributed by atoms with Crippen LogP contribution >= 0.6 is 0 Å². The van der Waals surface area contributed by atoms with Crippen LogP contribution in [0.15, 0.2) is 30.5 Å². The molecule has 1 aromatic carbocycles. The Bertz CT molecular complexity index is 530. The summed E-state index contributed by atoms with van der Waals surface area (Å²) in [4.78, 5) is 0. The summed E-state index contributed by atoms with van der Waals surface area (Å²) in [5.41, 5.74) is 5.29. The molecule has 0 fully saturated rings. The molecule has 0 aliphatic rings. The Morgan fingerprint density at radius 1 is 1.12 bits per heavy atom. The van der Waals surface area contributed by atoms with Gasteiger partial charge in [-0.1, -0.05) is 32.9 Å². The number of hydrogen-bond acceptors (Lipinski definition) is 1. The molecule has 90 valence electrons. The Kier molecular flexibility index (Phi) is 2.82. The van der Waals surface area contributed by atoms with Crippen LogP contribution < -0.4 is 0 Å². The fourth-order valence-corrected chi connectivity index (χ4v) is 2.00. The zero-order chi connectivity index (χ0) is 12.6. The topological polar surface area (TPSA) is 17.8 Å². The molecule has 2 rings (SSSR count). The van der Waals surface area contributed by atoms with Gasteiger partial charge in [-0.25, -0.2) is 0 Å². The number of rotatable bonds is 1. The SMILES string of the molecule is Cc1ccc(C(C)(C)C)cc1-c1ccnn1C. The standard InChI is InChI=1S/C15H20N2/c1-11-6-7-12(15(2,3)4)10-13(11)14-8-9-16-17(14)5/h6-10H,1-5H3. The van der Waals surface area contributed by atoms with Crippen molar-refractivity contribution < 1.29 is 0 Å². The molecule has 0 amide bonds. The zero-order valence-corrected chi connectivity index (χ0v) is 11.3. The first-order valence-electron chi connectivity index (χ1n) is 5.99. The van der Waals surface area contributed by atoms with Crippen LogP contribution in [0.1, 0.15) is 31.9 Å². The molecule has 0 aliphatic heterocycles. The van der Waals surface area contributed by atoms with Crippen molar-refractivity contribution in [2.24, 2.45) is 7.05 Å². The monoisotopic (exact) mass is 228 g/mol. The highest BCUT2D eigenvalue weighted by atomic mass is 15.3. The lowest BCUT2D eigenvalue weighted by Gasteiger charge is -2.20. The lowest BCUT2D eigenvalue weighted by molar-refractivity contribution is 0.590. The molecular formula is C15H20N2. The molecule has 0 saturated carbocycles. The van der Waals surface area contributed by atoms with Gasteiger partial charge in [0, 0.05) is 18.8 Å². The fourth-order valence-electron chi connectivity index (χ4n) is 2.00. The first-order chi connectivity index (χ1) is 7.89. The van der Waals surface area contributed by atoms with E-state index in [-0.39, 0.29) is 5.41 Å². The molecule has 0 radical (unpaired) electrons. The van der Waals surface area contributed by atoms with Gasteiger partial charge in [0.05, 0.1) is 5.69 Å². The van der Waals surface area contributed by atoms with E-state index in [1.54, 1.807) is 0 Å². The maximum absolute atomic E-state index is 4.24. The molecule has 17 heavy (non-hydrogen) atoms. The van der Waals surface area contributed by atoms with Crippen molar-refractivity contribution in [3.8, 4) is 11.3 Å². The van der Waals surface area contributed by atoms with Crippen molar-refractivity contribution in [2.75, 3.05) is 0 Å². The van der Waals surface area contributed by atoms with Crippen LogP contribution in [-0.2, 0) is 12.5 Å². The van der Waals surface area contributed by atoms with Crippen LogP contribution in [-0.4, -0.2) is 9.78 Å². The van der Waals surface area contributed by atoms with Crippen LogP contribution in [0.25, 0.3) is 11.3 Å². The minimum absolute atomic E-state index is 0.182. The lowest BCUT2D eigenvalue weighted by Crippen LogP contribution is -2.11. The van der Waals surface area contributed by atoms with Crippen molar-refractivity contribution in [2.45, 2.75) is 33.1 Å². The van der Waals surface area contributed by atoms with Gasteiger partial charge in [-0.05, 0) is 35.6 Å². The minimum Gasteiger partial charge on any atom is -0.268 e. The quantitative estimate of drug-likeness (QED) is 0.728. The second-order valence-corrected chi connectivity index (χ2v) is 5.62. The van der Waals surface area contributed by atoms with Crippen molar-refractivity contribution in [1.82, 2.24) is 9.78 Å². The predicted octanol–water partition coefficient (Wildman–Crippen LogP) is 3.69. The summed E-state index contributed by atoms with van der Waals surface area (Å²) < 4.78 is 1.93. The molecular weight excluding hydrogens is 208 g/mol. The van der Waals surface area contributed by atoms with Gasteiger partial charge >= 0.3 is 0 Å². The summed E-state index contributed by atoms with van der Waals surface area (Å²) in [6.07, 6.45) is 1.85. The Morgan fingerprint density at radius 3 is 2.35 bits per heavy atom. The highest BCUT2D eigenvalue weighted by molar-refractivity contribution is 5.65. The average Bonchev–Trinajstić information content (AvgIpc) is 2.63. The van der Waals surface area contributed by atoms with Crippen LogP contribution in [0.3, 0.4) is 0 Å². The molecule has 0 bridgehead atoms. The number of aryl methyl sites for hydroxylation is 2. The molecule has 2 aromatic rings. The van der Waals surface area contributed by atoms with Crippen LogP contribution in [0, 0.1) is 6.92 Å². The van der Waals surface area contributed by atoms with Gasteiger partial charge in [0.2, 0.25) is 0 Å². The Hall–Kier alpha value is -1.57. The van der Waals surface area contributed by atoms with Gasteiger partial charge in [-0.15, -0.1) is 0 Å². The molecule has 0 aliphatic carbocycles. The molecule has 1 aromatic heterocycles. The van der Waals surface area contributed by atoms with Gasteiger partial charge in [0.1, 0.15) is 0 Å². The molecule has 0 atom stereocenters. The van der Waals surface area contributed by atoms with E-state index in [1.165, 1.54) is 22.4 Å². The first-order valence-corrected chi connectivity index (χ1v) is 5.99. The van der Waals surface area contributed by atoms with E-state index in [0.717, 1.165) is 0 Å². The van der Waals surface area contributed by atoms with E-state index < -0.39 is 0 Å². The highest BCUT2D eigenvalue weighted by Gasteiger charge is 2.16. The van der Waals surface area contributed by atoms with E-state index >= 15 is 0 Å². The lowest BCUT2D eigenvalue weighted by atomic mass is 9.85. The van der Waals surface area contributed by atoms with Crippen molar-refractivity contribution >= 4 is 0 Å². The second kappa shape index (κ2) is 4.02. The van der Waals surface area contributed by atoms with E-state index in [1.807, 2.05) is 17.9 Å². The van der Waals surface area contributed by atoms with Gasteiger partial charge < -0.3 is 0 Å². The Morgan fingerprint density at radius 2 is 1.82 bits per heavy atom. The van der Waals surface area contributed by atoms with E-state index in [4.69, 9.17) is 0 Å². The minimum atomic E-state index is 0.182. The highest BCUT2D eigenvalue weighted by Crippen LogP contribution is 2.29. The summed E-state index contributed by atoms with van der Waals surface area (Å²) in [6.45, 7) is 8.87. The third-order valence-corrected chi connectivity index (χ3v) is 3.20. The molecule has 0 saturated heterocycles. The average molecular weight is 228 g/mol. The third-order valence-electron chi connectivity index (χ3n) is 3.20. The van der Waals surface area contributed by atoms with Gasteiger partial charge in [0.15, 0.2) is 0 Å². The van der Waals surface area contributed by atoms with E-state index in [0.29, 0.717) is 0 Å². The van der Waals surface area contributed by atoms with Gasteiger partial charge in [-0.3, -0.25) is 4.68 Å². The van der Waals surface area contributed by atoms with Crippen molar-refractivity contribution in [3.63, 3.8) is 0 Å². The normalized spacial score (nSPS) is 11.8. The molecule has 1 heterocycles. The maximum atomic E-state index is 4.24. The number of benzene rings is 1. The summed E-state index contributed by atoms with van der Waals surface area (Å²) in [6, 6.07) is 8.76. The van der Waals surface area contributed by atoms with E-state index in [9.17, 15) is 0 Å². The Labute approximate surface area is 103 Å². The Balaban J connectivity index is 2.58. The van der Waals surface area contributed by atoms with Crippen LogP contribution in [0.2, 0.25) is 0 Å². The van der Waals surface area contributed by atoms with E-state index in [2.05, 4.69) is 57.1 Å². The van der Waals surface area contributed by atoms with Gasteiger partial charge in [0.25, 0.3) is 0 Å².